The molecule has 0 aromatic carbocycles. The van der Waals surface area contributed by atoms with Crippen LogP contribution in [0.25, 0.3) is 0 Å². The molecule has 74 valence electrons. The van der Waals surface area contributed by atoms with Crippen molar-refractivity contribution in [3.05, 3.63) is 0 Å². The molecule has 0 atom stereocenters. The predicted octanol–water partition coefficient (Wildman–Crippen LogP) is 0.132. The fourth-order valence-corrected chi connectivity index (χ4v) is 7.21. The molecule has 0 bridgehead atoms. The predicted molar refractivity (Wildman–Crippen MR) is 48.1 cm³/mol. The van der Waals surface area contributed by atoms with Crippen molar-refractivity contribution in [1.29, 1.82) is 0 Å². The maximum absolute atomic E-state index is 5.69. The average molecular weight is 211 g/mol. The Morgan fingerprint density at radius 2 is 1.00 bits per heavy atom. The van der Waals surface area contributed by atoms with E-state index < -0.39 is 17.7 Å². The van der Waals surface area contributed by atoms with E-state index in [0.29, 0.717) is 0 Å². The molecule has 0 saturated carbocycles. The number of hydrogen-bond donors (Lipinski definition) is 0. The second-order valence-electron chi connectivity index (χ2n) is 3.46. The van der Waals surface area contributed by atoms with E-state index in [4.69, 9.17) is 3.32 Å². The topological polar surface area (TPSA) is 19.0 Å². The number of nitrogens with zero attached hydrogens (tertiary/aromatic N) is 3. The minimum absolute atomic E-state index is 1.79. The molecule has 0 aliphatic carbocycles. The summed E-state index contributed by atoms with van der Waals surface area (Å²) < 4.78 is 12.3. The minimum atomic E-state index is -2.54. The van der Waals surface area contributed by atoms with E-state index >= 15 is 0 Å². The van der Waals surface area contributed by atoms with Crippen molar-refractivity contribution < 1.29 is 21.1 Å². The second kappa shape index (κ2) is 4.70. The summed E-state index contributed by atoms with van der Waals surface area (Å²) in [4.78, 5) is 0. The standard InChI is InChI=1S/3C2H6N.CH3O.Ti/c3*1-3-2;1-2;/h3*1-2H3;1H3;/q4*-1;+4. The van der Waals surface area contributed by atoms with Crippen molar-refractivity contribution in [2.45, 2.75) is 0 Å². The molecule has 0 rings (SSSR count). The molecule has 0 heterocycles. The molecule has 0 N–H and O–H groups in total. The molecule has 0 aliphatic rings. The fraction of sp³-hybridized carbons (Fsp3) is 1.00. The number of hydrogen-bond acceptors (Lipinski definition) is 4. The summed E-state index contributed by atoms with van der Waals surface area (Å²) in [5.74, 6) is 0. The first-order chi connectivity index (χ1) is 5.39. The Morgan fingerprint density at radius 1 is 0.750 bits per heavy atom. The Labute approximate surface area is 80.8 Å². The van der Waals surface area contributed by atoms with Crippen molar-refractivity contribution >= 4 is 0 Å². The normalized spacial score (nSPS) is 13.5. The van der Waals surface area contributed by atoms with Crippen LogP contribution in [0.4, 0.5) is 0 Å². The van der Waals surface area contributed by atoms with Crippen molar-refractivity contribution in [2.75, 3.05) is 49.4 Å². The molecule has 5 heteroatoms. The molecule has 0 fully saturated rings. The quantitative estimate of drug-likeness (QED) is 0.615. The van der Waals surface area contributed by atoms with Crippen LogP contribution in [-0.4, -0.2) is 59.5 Å². The molecule has 0 aromatic rings. The summed E-state index contributed by atoms with van der Waals surface area (Å²) in [5, 5.41) is 0. The molecule has 0 spiro atoms. The average Bonchev–Trinajstić information content (AvgIpc) is 1.86. The Bertz CT molecular complexity index is 117. The van der Waals surface area contributed by atoms with Gasteiger partial charge in [-0.05, 0) is 0 Å². The van der Waals surface area contributed by atoms with Crippen LogP contribution in [0.2, 0.25) is 0 Å². The third-order valence-corrected chi connectivity index (χ3v) is 8.34. The van der Waals surface area contributed by atoms with Gasteiger partial charge in [0.2, 0.25) is 0 Å². The summed E-state index contributed by atoms with van der Waals surface area (Å²) in [6.45, 7) is 0. The van der Waals surface area contributed by atoms with Crippen LogP contribution >= 0.6 is 0 Å². The number of rotatable bonds is 4. The van der Waals surface area contributed by atoms with Crippen molar-refractivity contribution in [3.63, 3.8) is 0 Å². The first kappa shape index (κ1) is 12.6. The maximum atomic E-state index is 5.69. The Morgan fingerprint density at radius 3 is 1.00 bits per heavy atom. The molecule has 0 saturated heterocycles. The van der Waals surface area contributed by atoms with E-state index in [1.54, 1.807) is 7.11 Å². The monoisotopic (exact) mass is 211 g/mol. The van der Waals surface area contributed by atoms with Gasteiger partial charge in [-0.3, -0.25) is 0 Å². The van der Waals surface area contributed by atoms with Gasteiger partial charge in [-0.1, -0.05) is 0 Å². The zero-order valence-electron chi connectivity index (χ0n) is 9.25. The third kappa shape index (κ3) is 2.07. The van der Waals surface area contributed by atoms with Crippen LogP contribution in [0.1, 0.15) is 0 Å². The van der Waals surface area contributed by atoms with Crippen LogP contribution in [0.5, 0.6) is 0 Å². The van der Waals surface area contributed by atoms with E-state index in [2.05, 4.69) is 52.4 Å². The van der Waals surface area contributed by atoms with Crippen LogP contribution < -0.4 is 0 Å². The van der Waals surface area contributed by atoms with Crippen LogP contribution in [0, 0.1) is 0 Å². The molecule has 0 aromatic heterocycles. The zero-order valence-corrected chi connectivity index (χ0v) is 10.8. The van der Waals surface area contributed by atoms with Gasteiger partial charge in [0.05, 0.1) is 0 Å². The summed E-state index contributed by atoms with van der Waals surface area (Å²) in [5.41, 5.74) is 0. The van der Waals surface area contributed by atoms with Gasteiger partial charge in [-0.2, -0.15) is 0 Å². The zero-order chi connectivity index (χ0) is 9.94. The summed E-state index contributed by atoms with van der Waals surface area (Å²) in [6, 6.07) is 0. The van der Waals surface area contributed by atoms with Gasteiger partial charge in [0.25, 0.3) is 0 Å². The van der Waals surface area contributed by atoms with Gasteiger partial charge in [-0.25, -0.2) is 0 Å². The fourth-order valence-electron chi connectivity index (χ4n) is 1.75. The molecule has 0 radical (unpaired) electrons. The Hall–Kier alpha value is 0.554. The van der Waals surface area contributed by atoms with Crippen LogP contribution in [0.3, 0.4) is 0 Å². The molecule has 4 nitrogen and oxygen atoms in total. The van der Waals surface area contributed by atoms with E-state index in [1.807, 2.05) is 0 Å². The van der Waals surface area contributed by atoms with Crippen molar-refractivity contribution in [1.82, 2.24) is 10.1 Å². The third-order valence-electron chi connectivity index (χ3n) is 2.02. The van der Waals surface area contributed by atoms with Gasteiger partial charge in [-0.15, -0.1) is 0 Å². The first-order valence-corrected chi connectivity index (χ1v) is 6.70. The van der Waals surface area contributed by atoms with Crippen LogP contribution in [0.15, 0.2) is 0 Å². The van der Waals surface area contributed by atoms with E-state index in [9.17, 15) is 0 Å². The van der Waals surface area contributed by atoms with Crippen molar-refractivity contribution in [2.24, 2.45) is 0 Å². The first-order valence-electron chi connectivity index (χ1n) is 3.97. The van der Waals surface area contributed by atoms with Crippen molar-refractivity contribution in [3.8, 4) is 0 Å². The molecule has 0 unspecified atom stereocenters. The van der Waals surface area contributed by atoms with Gasteiger partial charge < -0.3 is 0 Å². The summed E-state index contributed by atoms with van der Waals surface area (Å²) in [6.07, 6.45) is 0. The molecule has 12 heavy (non-hydrogen) atoms. The summed E-state index contributed by atoms with van der Waals surface area (Å²) >= 11 is -2.54. The molecular formula is C7H21N3OTi. The molecule has 0 aliphatic heterocycles. The molecular weight excluding hydrogens is 190 g/mol. The van der Waals surface area contributed by atoms with Gasteiger partial charge in [0, 0.05) is 0 Å². The summed E-state index contributed by atoms with van der Waals surface area (Å²) in [7, 11) is 14.2. The van der Waals surface area contributed by atoms with E-state index in [-0.39, 0.29) is 0 Å². The molecule has 0 amide bonds. The van der Waals surface area contributed by atoms with Gasteiger partial charge >= 0.3 is 80.6 Å². The van der Waals surface area contributed by atoms with E-state index in [1.165, 1.54) is 0 Å². The Kier molecular flexibility index (Phi) is 4.91. The SMILES string of the molecule is C[O][Ti]([N](C)C)([N](C)C)[N](C)C. The van der Waals surface area contributed by atoms with E-state index in [0.717, 1.165) is 0 Å². The van der Waals surface area contributed by atoms with Gasteiger partial charge in [0.1, 0.15) is 0 Å². The second-order valence-corrected chi connectivity index (χ2v) is 10.1. The van der Waals surface area contributed by atoms with Gasteiger partial charge in [0.15, 0.2) is 0 Å². The Balaban J connectivity index is 4.77. The van der Waals surface area contributed by atoms with Crippen LogP contribution in [-0.2, 0) is 21.1 Å².